The molecular formula is C21H19ClN6O3. The summed E-state index contributed by atoms with van der Waals surface area (Å²) >= 11 is 6.33. The van der Waals surface area contributed by atoms with Gasteiger partial charge in [0, 0.05) is 19.1 Å². The van der Waals surface area contributed by atoms with Gasteiger partial charge in [0.05, 0.1) is 12.8 Å². The average Bonchev–Trinajstić information content (AvgIpc) is 3.11. The Labute approximate surface area is 181 Å². The van der Waals surface area contributed by atoms with Crippen molar-refractivity contribution < 1.29 is 5.11 Å². The number of phenolic OH excluding ortho intramolecular Hbond substituents is 1. The van der Waals surface area contributed by atoms with Crippen LogP contribution >= 0.6 is 11.6 Å². The molecule has 0 bridgehead atoms. The molecule has 4 rings (SSSR count). The minimum atomic E-state index is -0.477. The number of hydrogen-bond acceptors (Lipinski definition) is 6. The van der Waals surface area contributed by atoms with E-state index in [1.165, 1.54) is 17.8 Å². The molecule has 0 fully saturated rings. The topological polar surface area (TPSA) is 106 Å². The number of nitrogens with one attached hydrogen (secondary N) is 1. The van der Waals surface area contributed by atoms with Crippen molar-refractivity contribution in [3.8, 4) is 5.75 Å². The molecule has 0 aliphatic carbocycles. The number of halogens is 1. The minimum absolute atomic E-state index is 0.119. The second kappa shape index (κ2) is 8.11. The average molecular weight is 439 g/mol. The zero-order chi connectivity index (χ0) is 22.1. The highest BCUT2D eigenvalue weighted by Gasteiger charge is 2.19. The molecular weight excluding hydrogens is 420 g/mol. The lowest BCUT2D eigenvalue weighted by molar-refractivity contribution is 0.475. The first kappa shape index (κ1) is 20.4. The van der Waals surface area contributed by atoms with E-state index in [2.05, 4.69) is 15.5 Å². The first-order valence-electron chi connectivity index (χ1n) is 9.34. The van der Waals surface area contributed by atoms with Gasteiger partial charge in [0.1, 0.15) is 5.75 Å². The Morgan fingerprint density at radius 3 is 2.65 bits per heavy atom. The van der Waals surface area contributed by atoms with Gasteiger partial charge in [-0.2, -0.15) is 10.1 Å². The molecule has 0 spiro atoms. The van der Waals surface area contributed by atoms with E-state index in [0.717, 1.165) is 10.1 Å². The summed E-state index contributed by atoms with van der Waals surface area (Å²) in [5, 5.41) is 14.3. The summed E-state index contributed by atoms with van der Waals surface area (Å²) in [6.07, 6.45) is 1.51. The van der Waals surface area contributed by atoms with Crippen molar-refractivity contribution in [2.45, 2.75) is 6.54 Å². The maximum atomic E-state index is 12.9. The fraction of sp³-hybridized carbons (Fsp3) is 0.143. The summed E-state index contributed by atoms with van der Waals surface area (Å²) < 4.78 is 3.98. The van der Waals surface area contributed by atoms with E-state index in [0.29, 0.717) is 10.6 Å². The highest BCUT2D eigenvalue weighted by atomic mass is 35.5. The van der Waals surface area contributed by atoms with Crippen LogP contribution in [-0.4, -0.2) is 30.0 Å². The van der Waals surface area contributed by atoms with Crippen molar-refractivity contribution >= 4 is 34.9 Å². The number of aryl methyl sites for hydroxylation is 1. The summed E-state index contributed by atoms with van der Waals surface area (Å²) in [6.45, 7) is 0.244. The van der Waals surface area contributed by atoms with E-state index in [-0.39, 0.29) is 29.4 Å². The molecule has 0 aliphatic rings. The third-order valence-corrected chi connectivity index (χ3v) is 5.25. The Balaban J connectivity index is 1.84. The zero-order valence-corrected chi connectivity index (χ0v) is 17.5. The number of phenols is 1. The summed E-state index contributed by atoms with van der Waals surface area (Å²) in [5.74, 6) is 0.387. The molecule has 0 saturated heterocycles. The second-order valence-electron chi connectivity index (χ2n) is 6.96. The number of aromatic hydroxyl groups is 1. The third-order valence-electron chi connectivity index (χ3n) is 4.88. The fourth-order valence-electron chi connectivity index (χ4n) is 3.25. The van der Waals surface area contributed by atoms with Crippen molar-refractivity contribution in [2.24, 2.45) is 19.2 Å². The Morgan fingerprint density at radius 2 is 1.90 bits per heavy atom. The van der Waals surface area contributed by atoms with Crippen LogP contribution in [0.4, 0.5) is 5.95 Å². The smallest absolute Gasteiger partial charge is 0.332 e. The van der Waals surface area contributed by atoms with Gasteiger partial charge in [-0.25, -0.2) is 10.2 Å². The number of nitrogens with zero attached hydrogens (tertiary/aromatic N) is 5. The van der Waals surface area contributed by atoms with Crippen LogP contribution in [0.25, 0.3) is 11.2 Å². The molecule has 0 saturated carbocycles. The minimum Gasteiger partial charge on any atom is -0.508 e. The highest BCUT2D eigenvalue weighted by molar-refractivity contribution is 6.31. The van der Waals surface area contributed by atoms with Crippen LogP contribution in [0.5, 0.6) is 5.75 Å². The number of imidazole rings is 1. The van der Waals surface area contributed by atoms with Gasteiger partial charge in [-0.05, 0) is 29.3 Å². The monoisotopic (exact) mass is 438 g/mol. The molecule has 10 heteroatoms. The molecule has 0 aliphatic heterocycles. The van der Waals surface area contributed by atoms with Crippen LogP contribution in [0.1, 0.15) is 11.1 Å². The summed E-state index contributed by atoms with van der Waals surface area (Å²) in [5.41, 5.74) is 3.82. The molecule has 2 N–H and O–H groups in total. The number of anilines is 1. The number of benzene rings is 2. The van der Waals surface area contributed by atoms with Gasteiger partial charge in [0.15, 0.2) is 11.2 Å². The van der Waals surface area contributed by atoms with Gasteiger partial charge in [-0.3, -0.25) is 18.5 Å². The van der Waals surface area contributed by atoms with Crippen molar-refractivity contribution in [3.63, 3.8) is 0 Å². The van der Waals surface area contributed by atoms with Crippen molar-refractivity contribution in [1.82, 2.24) is 18.7 Å². The molecule has 2 aromatic heterocycles. The summed E-state index contributed by atoms with van der Waals surface area (Å²) in [7, 11) is 2.97. The molecule has 2 aromatic carbocycles. The maximum Gasteiger partial charge on any atom is 0.332 e. The van der Waals surface area contributed by atoms with Crippen LogP contribution in [0, 0.1) is 0 Å². The standard InChI is InChI=1S/C21H19ClN6O3/c1-26-18-17(19(30)27(2)21(26)31)28(12-14-7-3-4-9-16(14)22)20(24-18)25-23-11-13-6-5-8-15(29)10-13/h3-11,29H,12H2,1-2H3,(H,24,25)/b23-11-. The van der Waals surface area contributed by atoms with Gasteiger partial charge in [-0.1, -0.05) is 41.9 Å². The lowest BCUT2D eigenvalue weighted by Crippen LogP contribution is -2.37. The molecule has 4 aromatic rings. The van der Waals surface area contributed by atoms with Gasteiger partial charge in [-0.15, -0.1) is 0 Å². The van der Waals surface area contributed by atoms with Gasteiger partial charge >= 0.3 is 5.69 Å². The van der Waals surface area contributed by atoms with E-state index in [1.807, 2.05) is 18.2 Å². The summed E-state index contributed by atoms with van der Waals surface area (Å²) in [6, 6.07) is 13.9. The van der Waals surface area contributed by atoms with Crippen molar-refractivity contribution in [2.75, 3.05) is 5.43 Å². The quantitative estimate of drug-likeness (QED) is 0.367. The number of rotatable bonds is 5. The molecule has 9 nitrogen and oxygen atoms in total. The van der Waals surface area contributed by atoms with Crippen LogP contribution in [-0.2, 0) is 20.6 Å². The number of hydrazone groups is 1. The molecule has 2 heterocycles. The van der Waals surface area contributed by atoms with E-state index >= 15 is 0 Å². The second-order valence-corrected chi connectivity index (χ2v) is 7.36. The maximum absolute atomic E-state index is 12.9. The SMILES string of the molecule is Cn1c(=O)c2c(nc(N/N=C\c3cccc(O)c3)n2Cc2ccccc2Cl)n(C)c1=O. The lowest BCUT2D eigenvalue weighted by atomic mass is 10.2. The number of aromatic nitrogens is 4. The largest absolute Gasteiger partial charge is 0.508 e. The van der Waals surface area contributed by atoms with E-state index < -0.39 is 11.2 Å². The number of hydrogen-bond donors (Lipinski definition) is 2. The molecule has 158 valence electrons. The number of fused-ring (bicyclic) bond motifs is 1. The van der Waals surface area contributed by atoms with Gasteiger partial charge < -0.3 is 5.11 Å². The van der Waals surface area contributed by atoms with E-state index in [1.54, 1.807) is 41.9 Å². The predicted octanol–water partition coefficient (Wildman–Crippen LogP) is 2.29. The Hall–Kier alpha value is -3.85. The van der Waals surface area contributed by atoms with Crippen molar-refractivity contribution in [1.29, 1.82) is 0 Å². The lowest BCUT2D eigenvalue weighted by Gasteiger charge is -2.10. The Bertz CT molecular complexity index is 1430. The molecule has 0 unspecified atom stereocenters. The zero-order valence-electron chi connectivity index (χ0n) is 16.8. The fourth-order valence-corrected chi connectivity index (χ4v) is 3.45. The van der Waals surface area contributed by atoms with E-state index in [4.69, 9.17) is 11.6 Å². The molecule has 0 amide bonds. The van der Waals surface area contributed by atoms with Crippen LogP contribution in [0.3, 0.4) is 0 Å². The predicted molar refractivity (Wildman–Crippen MR) is 120 cm³/mol. The van der Waals surface area contributed by atoms with Crippen LogP contribution in [0.15, 0.2) is 63.2 Å². The first-order chi connectivity index (χ1) is 14.9. The normalized spacial score (nSPS) is 11.5. The third kappa shape index (κ3) is 3.82. The van der Waals surface area contributed by atoms with Crippen molar-refractivity contribution in [3.05, 3.63) is 85.5 Å². The Kier molecular flexibility index (Phi) is 5.35. The van der Waals surface area contributed by atoms with Gasteiger partial charge in [0.2, 0.25) is 5.95 Å². The Morgan fingerprint density at radius 1 is 1.13 bits per heavy atom. The summed E-state index contributed by atoms with van der Waals surface area (Å²) in [4.78, 5) is 29.7. The van der Waals surface area contributed by atoms with Crippen LogP contribution in [0.2, 0.25) is 5.02 Å². The molecule has 0 radical (unpaired) electrons. The highest BCUT2D eigenvalue weighted by Crippen LogP contribution is 2.22. The molecule has 31 heavy (non-hydrogen) atoms. The first-order valence-corrected chi connectivity index (χ1v) is 9.72. The van der Waals surface area contributed by atoms with E-state index in [9.17, 15) is 14.7 Å². The van der Waals surface area contributed by atoms with Gasteiger partial charge in [0.25, 0.3) is 5.56 Å². The molecule has 0 atom stereocenters. The van der Waals surface area contributed by atoms with Crippen LogP contribution < -0.4 is 16.7 Å².